The Bertz CT molecular complexity index is 844. The minimum atomic E-state index is -0.173. The molecule has 3 rings (SSSR count). The molecular weight excluding hydrogens is 366 g/mol. The highest BCUT2D eigenvalue weighted by Crippen LogP contribution is 2.26. The Labute approximate surface area is 172 Å². The van der Waals surface area contributed by atoms with E-state index in [9.17, 15) is 9.59 Å². The number of fused-ring (bicyclic) bond motifs is 1. The van der Waals surface area contributed by atoms with Crippen molar-refractivity contribution in [1.29, 1.82) is 0 Å². The summed E-state index contributed by atoms with van der Waals surface area (Å²) in [6.07, 6.45) is 2.95. The number of hydrogen-bond acceptors (Lipinski definition) is 4. The van der Waals surface area contributed by atoms with Gasteiger partial charge in [-0.15, -0.1) is 0 Å². The van der Waals surface area contributed by atoms with E-state index in [1.807, 2.05) is 36.4 Å². The van der Waals surface area contributed by atoms with E-state index >= 15 is 0 Å². The minimum Gasteiger partial charge on any atom is -0.483 e. The topological polar surface area (TPSA) is 70.7 Å². The number of amides is 2. The Balaban J connectivity index is 1.66. The van der Waals surface area contributed by atoms with Gasteiger partial charge in [-0.3, -0.25) is 9.59 Å². The van der Waals surface area contributed by atoms with Crippen LogP contribution in [0.3, 0.4) is 0 Å². The first-order valence-electron chi connectivity index (χ1n) is 10.6. The van der Waals surface area contributed by atoms with E-state index in [1.165, 1.54) is 0 Å². The fourth-order valence-corrected chi connectivity index (χ4v) is 3.30. The van der Waals surface area contributed by atoms with Gasteiger partial charge in [-0.25, -0.2) is 0 Å². The largest absolute Gasteiger partial charge is 0.483 e. The molecule has 0 unspecified atom stereocenters. The van der Waals surface area contributed by atoms with Crippen molar-refractivity contribution in [3.63, 3.8) is 0 Å². The molecule has 1 aliphatic rings. The van der Waals surface area contributed by atoms with Crippen LogP contribution in [-0.2, 0) is 4.79 Å². The number of ether oxygens (including phenoxy) is 1. The maximum Gasteiger partial charge on any atom is 0.258 e. The molecule has 0 heterocycles. The van der Waals surface area contributed by atoms with Gasteiger partial charge in [-0.05, 0) is 61.8 Å². The molecule has 0 aromatic heterocycles. The highest BCUT2D eigenvalue weighted by atomic mass is 16.5. The molecule has 0 saturated heterocycles. The Morgan fingerprint density at radius 3 is 2.45 bits per heavy atom. The number of carbonyl (C=O) groups is 2. The van der Waals surface area contributed by atoms with Crippen LogP contribution in [0.2, 0.25) is 0 Å². The Morgan fingerprint density at radius 1 is 1.10 bits per heavy atom. The van der Waals surface area contributed by atoms with Crippen molar-refractivity contribution in [2.24, 2.45) is 0 Å². The van der Waals surface area contributed by atoms with Crippen LogP contribution in [0.25, 0.3) is 10.8 Å². The predicted molar refractivity (Wildman–Crippen MR) is 115 cm³/mol. The van der Waals surface area contributed by atoms with E-state index in [0.717, 1.165) is 49.7 Å². The Hall–Kier alpha value is -2.60. The van der Waals surface area contributed by atoms with Gasteiger partial charge in [0.15, 0.2) is 6.61 Å². The minimum absolute atomic E-state index is 0.0862. The number of carbonyl (C=O) groups excluding carboxylic acids is 2. The van der Waals surface area contributed by atoms with Crippen LogP contribution in [0.4, 0.5) is 0 Å². The first-order chi connectivity index (χ1) is 14.1. The van der Waals surface area contributed by atoms with E-state index in [2.05, 4.69) is 29.4 Å². The van der Waals surface area contributed by atoms with Crippen molar-refractivity contribution >= 4 is 22.6 Å². The number of rotatable bonds is 11. The second-order valence-corrected chi connectivity index (χ2v) is 7.46. The van der Waals surface area contributed by atoms with Crippen LogP contribution in [0, 0.1) is 0 Å². The van der Waals surface area contributed by atoms with Gasteiger partial charge in [0.25, 0.3) is 11.8 Å². The van der Waals surface area contributed by atoms with Gasteiger partial charge in [-0.1, -0.05) is 38.1 Å². The second kappa shape index (κ2) is 10.3. The maximum atomic E-state index is 12.8. The third-order valence-corrected chi connectivity index (χ3v) is 5.22. The standard InChI is InChI=1S/C23H31N3O3/c1-3-26(4-2)13-7-12-24-23(28)20-14-17-8-5-6-9-18(17)15-21(20)29-16-22(27)25-19-10-11-19/h5-6,8-9,14-15,19H,3-4,7,10-13,16H2,1-2H3,(H,24,28)(H,25,27). The van der Waals surface area contributed by atoms with E-state index in [-0.39, 0.29) is 24.5 Å². The van der Waals surface area contributed by atoms with Crippen molar-refractivity contribution in [3.8, 4) is 5.75 Å². The molecule has 1 aliphatic carbocycles. The monoisotopic (exact) mass is 397 g/mol. The summed E-state index contributed by atoms with van der Waals surface area (Å²) in [7, 11) is 0. The molecule has 2 aromatic rings. The number of nitrogens with zero attached hydrogens (tertiary/aromatic N) is 1. The lowest BCUT2D eigenvalue weighted by atomic mass is 10.1. The van der Waals surface area contributed by atoms with E-state index in [1.54, 1.807) is 0 Å². The zero-order valence-electron chi connectivity index (χ0n) is 17.4. The molecule has 29 heavy (non-hydrogen) atoms. The van der Waals surface area contributed by atoms with Crippen LogP contribution < -0.4 is 15.4 Å². The predicted octanol–water partition coefficient (Wildman–Crippen LogP) is 2.96. The molecule has 2 amide bonds. The molecule has 1 fully saturated rings. The first kappa shape index (κ1) is 21.1. The quantitative estimate of drug-likeness (QED) is 0.572. The number of nitrogens with one attached hydrogen (secondary N) is 2. The summed E-state index contributed by atoms with van der Waals surface area (Å²) in [6.45, 7) is 7.77. The highest BCUT2D eigenvalue weighted by Gasteiger charge is 2.23. The van der Waals surface area contributed by atoms with Crippen LogP contribution in [0.1, 0.15) is 43.5 Å². The summed E-state index contributed by atoms with van der Waals surface area (Å²) in [5.41, 5.74) is 0.464. The Kier molecular flexibility index (Phi) is 7.47. The summed E-state index contributed by atoms with van der Waals surface area (Å²) < 4.78 is 5.76. The molecule has 1 saturated carbocycles. The van der Waals surface area contributed by atoms with Crippen LogP contribution in [0.15, 0.2) is 36.4 Å². The summed E-state index contributed by atoms with van der Waals surface area (Å²) in [5, 5.41) is 7.84. The van der Waals surface area contributed by atoms with Gasteiger partial charge < -0.3 is 20.3 Å². The fourth-order valence-electron chi connectivity index (χ4n) is 3.30. The average molecular weight is 398 g/mol. The molecule has 0 spiro atoms. The third kappa shape index (κ3) is 6.19. The van der Waals surface area contributed by atoms with Crippen molar-refractivity contribution < 1.29 is 14.3 Å². The van der Waals surface area contributed by atoms with Gasteiger partial charge in [0.1, 0.15) is 5.75 Å². The number of benzene rings is 2. The normalized spacial score (nSPS) is 13.5. The lowest BCUT2D eigenvalue weighted by Crippen LogP contribution is -2.32. The van der Waals surface area contributed by atoms with Crippen LogP contribution in [-0.4, -0.2) is 55.5 Å². The summed E-state index contributed by atoms with van der Waals surface area (Å²) >= 11 is 0. The molecule has 2 aromatic carbocycles. The Morgan fingerprint density at radius 2 is 1.79 bits per heavy atom. The molecule has 2 N–H and O–H groups in total. The molecule has 6 nitrogen and oxygen atoms in total. The molecule has 0 bridgehead atoms. The van der Waals surface area contributed by atoms with Gasteiger partial charge in [0.2, 0.25) is 0 Å². The van der Waals surface area contributed by atoms with Crippen molar-refractivity contribution in [2.75, 3.05) is 32.8 Å². The summed E-state index contributed by atoms with van der Waals surface area (Å²) in [5.74, 6) is 0.120. The van der Waals surface area contributed by atoms with Gasteiger partial charge in [0.05, 0.1) is 5.56 Å². The fraction of sp³-hybridized carbons (Fsp3) is 0.478. The van der Waals surface area contributed by atoms with Crippen LogP contribution in [0.5, 0.6) is 5.75 Å². The molecule has 0 atom stereocenters. The van der Waals surface area contributed by atoms with Gasteiger partial charge in [0, 0.05) is 12.6 Å². The first-order valence-corrected chi connectivity index (χ1v) is 10.6. The zero-order chi connectivity index (χ0) is 20.6. The lowest BCUT2D eigenvalue weighted by molar-refractivity contribution is -0.123. The summed E-state index contributed by atoms with van der Waals surface area (Å²) in [6, 6.07) is 11.8. The third-order valence-electron chi connectivity index (χ3n) is 5.22. The molecule has 0 aliphatic heterocycles. The zero-order valence-corrected chi connectivity index (χ0v) is 17.4. The average Bonchev–Trinajstić information content (AvgIpc) is 3.55. The SMILES string of the molecule is CCN(CC)CCCNC(=O)c1cc2ccccc2cc1OCC(=O)NC1CC1. The smallest absolute Gasteiger partial charge is 0.258 e. The van der Waals surface area contributed by atoms with E-state index in [0.29, 0.717) is 17.9 Å². The van der Waals surface area contributed by atoms with Crippen molar-refractivity contribution in [1.82, 2.24) is 15.5 Å². The summed E-state index contributed by atoms with van der Waals surface area (Å²) in [4.78, 5) is 27.2. The second-order valence-electron chi connectivity index (χ2n) is 7.46. The van der Waals surface area contributed by atoms with E-state index in [4.69, 9.17) is 4.74 Å². The van der Waals surface area contributed by atoms with Crippen molar-refractivity contribution in [3.05, 3.63) is 42.0 Å². The molecule has 0 radical (unpaired) electrons. The van der Waals surface area contributed by atoms with Crippen LogP contribution >= 0.6 is 0 Å². The highest BCUT2D eigenvalue weighted by molar-refractivity contribution is 6.01. The van der Waals surface area contributed by atoms with Gasteiger partial charge >= 0.3 is 0 Å². The molecular formula is C23H31N3O3. The lowest BCUT2D eigenvalue weighted by Gasteiger charge is -2.18. The molecule has 156 valence electrons. The number of hydrogen-bond donors (Lipinski definition) is 2. The van der Waals surface area contributed by atoms with Crippen molar-refractivity contribution in [2.45, 2.75) is 39.2 Å². The van der Waals surface area contributed by atoms with E-state index < -0.39 is 0 Å². The van der Waals surface area contributed by atoms with Gasteiger partial charge in [-0.2, -0.15) is 0 Å². The maximum absolute atomic E-state index is 12.8. The molecule has 6 heteroatoms.